The minimum atomic E-state index is -0.613. The second-order valence-electron chi connectivity index (χ2n) is 8.54. The van der Waals surface area contributed by atoms with Crippen LogP contribution in [0.3, 0.4) is 0 Å². The first-order valence-corrected chi connectivity index (χ1v) is 11.2. The molecule has 4 rings (SSSR count). The second-order valence-corrected chi connectivity index (χ2v) is 8.54. The molecule has 0 aliphatic heterocycles. The van der Waals surface area contributed by atoms with Gasteiger partial charge in [0.1, 0.15) is 5.82 Å². The van der Waals surface area contributed by atoms with Gasteiger partial charge < -0.3 is 16.0 Å². The Morgan fingerprint density at radius 3 is 2.29 bits per heavy atom. The molecule has 0 aromatic heterocycles. The Morgan fingerprint density at radius 1 is 0.912 bits per heavy atom. The maximum absolute atomic E-state index is 13.9. The number of carbonyl (C=O) groups is 3. The standard InChI is InChI=1S/C27H26FN3O3/c1-16-7-8-20(15-24(16)31-27(34)22-5-3-4-6-23(22)28)26(33)29-17(2)18-11-13-21(14-12-18)30-25(32)19-9-10-19/h3-8,11-15,17,19H,9-10H2,1-2H3,(H,29,33)(H,30,32)(H,31,34). The van der Waals surface area contributed by atoms with E-state index in [4.69, 9.17) is 0 Å². The Labute approximate surface area is 197 Å². The topological polar surface area (TPSA) is 87.3 Å². The van der Waals surface area contributed by atoms with E-state index in [1.807, 2.05) is 31.2 Å². The smallest absolute Gasteiger partial charge is 0.258 e. The third-order valence-corrected chi connectivity index (χ3v) is 5.84. The highest BCUT2D eigenvalue weighted by atomic mass is 19.1. The fourth-order valence-electron chi connectivity index (χ4n) is 3.54. The summed E-state index contributed by atoms with van der Waals surface area (Å²) in [7, 11) is 0. The molecular weight excluding hydrogens is 433 g/mol. The predicted octanol–water partition coefficient (Wildman–Crippen LogP) is 5.23. The van der Waals surface area contributed by atoms with Crippen molar-refractivity contribution in [2.75, 3.05) is 10.6 Å². The van der Waals surface area contributed by atoms with E-state index >= 15 is 0 Å². The molecule has 1 saturated carbocycles. The first kappa shape index (κ1) is 23.2. The average Bonchev–Trinajstić information content (AvgIpc) is 3.67. The Hall–Kier alpha value is -4.00. The molecule has 0 heterocycles. The monoisotopic (exact) mass is 459 g/mol. The maximum Gasteiger partial charge on any atom is 0.258 e. The van der Waals surface area contributed by atoms with Gasteiger partial charge in [-0.25, -0.2) is 4.39 Å². The number of carbonyl (C=O) groups excluding carboxylic acids is 3. The van der Waals surface area contributed by atoms with Crippen molar-refractivity contribution in [1.82, 2.24) is 5.32 Å². The van der Waals surface area contributed by atoms with Gasteiger partial charge in [-0.3, -0.25) is 14.4 Å². The number of rotatable bonds is 7. The van der Waals surface area contributed by atoms with Crippen LogP contribution in [0.1, 0.15) is 57.7 Å². The lowest BCUT2D eigenvalue weighted by Gasteiger charge is -2.16. The first-order chi connectivity index (χ1) is 16.3. The molecule has 3 N–H and O–H groups in total. The Kier molecular flexibility index (Phi) is 6.72. The zero-order valence-electron chi connectivity index (χ0n) is 19.0. The van der Waals surface area contributed by atoms with Crippen molar-refractivity contribution in [1.29, 1.82) is 0 Å². The maximum atomic E-state index is 13.9. The highest BCUT2D eigenvalue weighted by Gasteiger charge is 2.29. The largest absolute Gasteiger partial charge is 0.346 e. The molecule has 3 aromatic carbocycles. The number of amides is 3. The summed E-state index contributed by atoms with van der Waals surface area (Å²) in [4.78, 5) is 37.2. The van der Waals surface area contributed by atoms with Crippen molar-refractivity contribution in [2.24, 2.45) is 5.92 Å². The lowest BCUT2D eigenvalue weighted by molar-refractivity contribution is -0.117. The van der Waals surface area contributed by atoms with Crippen LogP contribution in [-0.4, -0.2) is 17.7 Å². The summed E-state index contributed by atoms with van der Waals surface area (Å²) in [5.41, 5.74) is 3.10. The first-order valence-electron chi connectivity index (χ1n) is 11.2. The van der Waals surface area contributed by atoms with E-state index in [0.29, 0.717) is 11.3 Å². The van der Waals surface area contributed by atoms with Gasteiger partial charge in [-0.1, -0.05) is 30.3 Å². The molecule has 3 amide bonds. The molecule has 0 saturated heterocycles. The van der Waals surface area contributed by atoms with Crippen molar-refractivity contribution >= 4 is 29.1 Å². The van der Waals surface area contributed by atoms with E-state index < -0.39 is 11.7 Å². The number of hydrogen-bond acceptors (Lipinski definition) is 3. The van der Waals surface area contributed by atoms with Gasteiger partial charge in [0.2, 0.25) is 5.91 Å². The van der Waals surface area contributed by atoms with Crippen LogP contribution < -0.4 is 16.0 Å². The van der Waals surface area contributed by atoms with Crippen LogP contribution in [0.25, 0.3) is 0 Å². The predicted molar refractivity (Wildman–Crippen MR) is 129 cm³/mol. The summed E-state index contributed by atoms with van der Waals surface area (Å²) in [6.45, 7) is 3.66. The third kappa shape index (κ3) is 5.49. The van der Waals surface area contributed by atoms with Crippen molar-refractivity contribution in [3.63, 3.8) is 0 Å². The van der Waals surface area contributed by atoms with Crippen molar-refractivity contribution < 1.29 is 18.8 Å². The summed E-state index contributed by atoms with van der Waals surface area (Å²) in [5, 5.41) is 8.53. The molecule has 7 heteroatoms. The molecule has 1 atom stereocenters. The molecule has 1 fully saturated rings. The molecule has 1 aliphatic rings. The van der Waals surface area contributed by atoms with E-state index in [2.05, 4.69) is 16.0 Å². The van der Waals surface area contributed by atoms with E-state index in [0.717, 1.165) is 29.7 Å². The molecular formula is C27H26FN3O3. The number of nitrogens with one attached hydrogen (secondary N) is 3. The summed E-state index contributed by atoms with van der Waals surface area (Å²) in [5.74, 6) is -1.32. The highest BCUT2D eigenvalue weighted by molar-refractivity contribution is 6.05. The van der Waals surface area contributed by atoms with Crippen LogP contribution in [-0.2, 0) is 4.79 Å². The summed E-state index contributed by atoms with van der Waals surface area (Å²) in [6, 6.07) is 17.8. The molecule has 0 spiro atoms. The molecule has 34 heavy (non-hydrogen) atoms. The van der Waals surface area contributed by atoms with Gasteiger partial charge >= 0.3 is 0 Å². The van der Waals surface area contributed by atoms with Crippen LogP contribution in [0.5, 0.6) is 0 Å². The summed E-state index contributed by atoms with van der Waals surface area (Å²) in [6.07, 6.45) is 1.89. The molecule has 0 bridgehead atoms. The molecule has 1 unspecified atom stereocenters. The zero-order chi connectivity index (χ0) is 24.2. The fraction of sp³-hybridized carbons (Fsp3) is 0.222. The van der Waals surface area contributed by atoms with Gasteiger partial charge in [0.05, 0.1) is 11.6 Å². The minimum absolute atomic E-state index is 0.0476. The van der Waals surface area contributed by atoms with Gasteiger partial charge in [-0.05, 0) is 74.2 Å². The molecule has 0 radical (unpaired) electrons. The quantitative estimate of drug-likeness (QED) is 0.452. The Balaban J connectivity index is 1.41. The molecule has 1 aliphatic carbocycles. The average molecular weight is 460 g/mol. The van der Waals surface area contributed by atoms with Crippen molar-refractivity contribution in [3.05, 3.63) is 94.8 Å². The number of halogens is 1. The number of aryl methyl sites for hydroxylation is 1. The Bertz CT molecular complexity index is 1240. The number of anilines is 2. The van der Waals surface area contributed by atoms with E-state index in [1.165, 1.54) is 18.2 Å². The zero-order valence-corrected chi connectivity index (χ0v) is 19.0. The van der Waals surface area contributed by atoms with E-state index in [-0.39, 0.29) is 29.3 Å². The van der Waals surface area contributed by atoms with Crippen molar-refractivity contribution in [2.45, 2.75) is 32.7 Å². The number of hydrogen-bond donors (Lipinski definition) is 3. The van der Waals surface area contributed by atoms with Gasteiger partial charge in [-0.15, -0.1) is 0 Å². The van der Waals surface area contributed by atoms with Crippen LogP contribution in [0.2, 0.25) is 0 Å². The normalized spacial score (nSPS) is 13.6. The van der Waals surface area contributed by atoms with E-state index in [9.17, 15) is 18.8 Å². The van der Waals surface area contributed by atoms with E-state index in [1.54, 1.807) is 31.2 Å². The fourth-order valence-corrected chi connectivity index (χ4v) is 3.54. The summed E-state index contributed by atoms with van der Waals surface area (Å²) < 4.78 is 13.9. The van der Waals surface area contributed by atoms with Gasteiger partial charge in [0.25, 0.3) is 11.8 Å². The van der Waals surface area contributed by atoms with Crippen LogP contribution in [0.15, 0.2) is 66.7 Å². The van der Waals surface area contributed by atoms with Crippen LogP contribution in [0.4, 0.5) is 15.8 Å². The van der Waals surface area contributed by atoms with Gasteiger partial charge in [0, 0.05) is 22.9 Å². The lowest BCUT2D eigenvalue weighted by atomic mass is 10.1. The molecule has 3 aromatic rings. The number of benzene rings is 3. The third-order valence-electron chi connectivity index (χ3n) is 5.84. The highest BCUT2D eigenvalue weighted by Crippen LogP contribution is 2.30. The van der Waals surface area contributed by atoms with Crippen LogP contribution >= 0.6 is 0 Å². The van der Waals surface area contributed by atoms with Gasteiger partial charge in [0.15, 0.2) is 0 Å². The van der Waals surface area contributed by atoms with Crippen LogP contribution in [0, 0.1) is 18.7 Å². The van der Waals surface area contributed by atoms with Crippen molar-refractivity contribution in [3.8, 4) is 0 Å². The SMILES string of the molecule is Cc1ccc(C(=O)NC(C)c2ccc(NC(=O)C3CC3)cc2)cc1NC(=O)c1ccccc1F. The minimum Gasteiger partial charge on any atom is -0.346 e. The van der Waals surface area contributed by atoms with Gasteiger partial charge in [-0.2, -0.15) is 0 Å². The molecule has 6 nitrogen and oxygen atoms in total. The lowest BCUT2D eigenvalue weighted by Crippen LogP contribution is -2.27. The molecule has 174 valence electrons. The second kappa shape index (κ2) is 9.87. The Morgan fingerprint density at radius 2 is 1.62 bits per heavy atom. The summed E-state index contributed by atoms with van der Waals surface area (Å²) >= 11 is 0.